The number of nitrogens with one attached hydrogen (secondary N) is 2. The molecule has 0 bridgehead atoms. The normalized spacial score (nSPS) is 13.5. The SMILES string of the molecule is C=C/C(=C\C(C)=C(/C)NC(/C=N\C)=C/C)c1ccc(CC(=C)Nc2cccc(C(C)(C)F)c2)cc1. The highest BCUT2D eigenvalue weighted by Crippen LogP contribution is 2.27. The predicted octanol–water partition coefficient (Wildman–Crippen LogP) is 8.12. The molecule has 0 saturated carbocycles. The van der Waals surface area contributed by atoms with Crippen LogP contribution in [0.3, 0.4) is 0 Å². The van der Waals surface area contributed by atoms with E-state index in [0.717, 1.165) is 45.1 Å². The van der Waals surface area contributed by atoms with Gasteiger partial charge in [-0.15, -0.1) is 0 Å². The summed E-state index contributed by atoms with van der Waals surface area (Å²) >= 11 is 0. The molecule has 0 spiro atoms. The molecule has 0 heterocycles. The molecule has 0 aliphatic carbocycles. The summed E-state index contributed by atoms with van der Waals surface area (Å²) in [5.41, 5.74) is 7.34. The van der Waals surface area contributed by atoms with Crippen LogP contribution in [-0.2, 0) is 12.1 Å². The number of aliphatic imine (C=N–C) groups is 1. The first-order valence-corrected chi connectivity index (χ1v) is 11.8. The maximum atomic E-state index is 14.3. The van der Waals surface area contributed by atoms with Crippen LogP contribution < -0.4 is 10.6 Å². The molecule has 2 rings (SSSR count). The average molecular weight is 472 g/mol. The van der Waals surface area contributed by atoms with Crippen LogP contribution in [-0.4, -0.2) is 13.3 Å². The number of hydrogen-bond donors (Lipinski definition) is 2. The quantitative estimate of drug-likeness (QED) is 0.256. The second kappa shape index (κ2) is 12.7. The van der Waals surface area contributed by atoms with Crippen molar-refractivity contribution in [2.75, 3.05) is 12.4 Å². The van der Waals surface area contributed by atoms with E-state index in [1.165, 1.54) is 0 Å². The Kier molecular flexibility index (Phi) is 10.0. The van der Waals surface area contributed by atoms with Gasteiger partial charge in [-0.2, -0.15) is 0 Å². The van der Waals surface area contributed by atoms with E-state index in [1.807, 2.05) is 44.2 Å². The van der Waals surface area contributed by atoms with Crippen molar-refractivity contribution in [1.29, 1.82) is 0 Å². The monoisotopic (exact) mass is 471 g/mol. The van der Waals surface area contributed by atoms with Crippen molar-refractivity contribution in [2.45, 2.75) is 46.7 Å². The predicted molar refractivity (Wildman–Crippen MR) is 151 cm³/mol. The van der Waals surface area contributed by atoms with Gasteiger partial charge >= 0.3 is 0 Å². The van der Waals surface area contributed by atoms with Gasteiger partial charge in [-0.25, -0.2) is 4.39 Å². The Morgan fingerprint density at radius 1 is 1.11 bits per heavy atom. The number of allylic oxidation sites excluding steroid dienone is 8. The summed E-state index contributed by atoms with van der Waals surface area (Å²) in [7, 11) is 1.76. The third-order valence-corrected chi connectivity index (χ3v) is 5.67. The lowest BCUT2D eigenvalue weighted by atomic mass is 9.99. The van der Waals surface area contributed by atoms with Gasteiger partial charge in [-0.1, -0.05) is 61.7 Å². The molecule has 2 N–H and O–H groups in total. The van der Waals surface area contributed by atoms with E-state index in [-0.39, 0.29) is 0 Å². The number of nitrogens with zero attached hydrogens (tertiary/aromatic N) is 1. The number of rotatable bonds is 11. The fourth-order valence-corrected chi connectivity index (χ4v) is 3.51. The molecule has 4 heteroatoms. The van der Waals surface area contributed by atoms with Crippen LogP contribution in [0.1, 0.15) is 51.3 Å². The van der Waals surface area contributed by atoms with Crippen molar-refractivity contribution < 1.29 is 4.39 Å². The van der Waals surface area contributed by atoms with Crippen LogP contribution in [0.5, 0.6) is 0 Å². The number of halogens is 1. The highest BCUT2D eigenvalue weighted by Gasteiger charge is 2.18. The van der Waals surface area contributed by atoms with Gasteiger partial charge in [0.2, 0.25) is 0 Å². The van der Waals surface area contributed by atoms with Gasteiger partial charge in [-0.3, -0.25) is 4.99 Å². The minimum absolute atomic E-state index is 0.638. The smallest absolute Gasteiger partial charge is 0.130 e. The first-order chi connectivity index (χ1) is 16.6. The molecule has 0 aromatic heterocycles. The topological polar surface area (TPSA) is 36.4 Å². The van der Waals surface area contributed by atoms with E-state index >= 15 is 0 Å². The molecule has 0 saturated heterocycles. The second-order valence-corrected chi connectivity index (χ2v) is 9.02. The Morgan fingerprint density at radius 3 is 2.37 bits per heavy atom. The molecular formula is C31H38FN3. The fourth-order valence-electron chi connectivity index (χ4n) is 3.51. The largest absolute Gasteiger partial charge is 0.359 e. The van der Waals surface area contributed by atoms with Gasteiger partial charge in [0, 0.05) is 36.8 Å². The summed E-state index contributed by atoms with van der Waals surface area (Å²) in [6, 6.07) is 15.8. The number of benzene rings is 2. The molecule has 0 aliphatic heterocycles. The maximum absolute atomic E-state index is 14.3. The van der Waals surface area contributed by atoms with E-state index in [1.54, 1.807) is 33.2 Å². The summed E-state index contributed by atoms with van der Waals surface area (Å²) in [4.78, 5) is 4.07. The van der Waals surface area contributed by atoms with Gasteiger partial charge in [0.05, 0.1) is 5.70 Å². The van der Waals surface area contributed by atoms with E-state index in [9.17, 15) is 4.39 Å². The number of anilines is 1. The van der Waals surface area contributed by atoms with Crippen molar-refractivity contribution in [1.82, 2.24) is 5.32 Å². The molecule has 0 radical (unpaired) electrons. The van der Waals surface area contributed by atoms with Crippen molar-refractivity contribution >= 4 is 17.5 Å². The Morgan fingerprint density at radius 2 is 1.80 bits per heavy atom. The number of hydrogen-bond acceptors (Lipinski definition) is 3. The van der Waals surface area contributed by atoms with Gasteiger partial charge in [0.1, 0.15) is 5.67 Å². The molecule has 0 fully saturated rings. The third kappa shape index (κ3) is 8.56. The Labute approximate surface area is 210 Å². The van der Waals surface area contributed by atoms with Gasteiger partial charge < -0.3 is 10.6 Å². The van der Waals surface area contributed by atoms with Crippen LogP contribution in [0, 0.1) is 0 Å². The van der Waals surface area contributed by atoms with Crippen LogP contribution in [0.2, 0.25) is 0 Å². The zero-order chi connectivity index (χ0) is 26.0. The van der Waals surface area contributed by atoms with Crippen molar-refractivity contribution in [3.63, 3.8) is 0 Å². The molecule has 3 nitrogen and oxygen atoms in total. The van der Waals surface area contributed by atoms with E-state index in [0.29, 0.717) is 12.0 Å². The first-order valence-electron chi connectivity index (χ1n) is 11.8. The molecule has 0 aliphatic rings. The van der Waals surface area contributed by atoms with Gasteiger partial charge in [-0.05, 0) is 80.7 Å². The lowest BCUT2D eigenvalue weighted by molar-refractivity contribution is 0.221. The molecule has 2 aromatic carbocycles. The van der Waals surface area contributed by atoms with E-state index < -0.39 is 5.67 Å². The van der Waals surface area contributed by atoms with E-state index in [2.05, 4.69) is 66.0 Å². The summed E-state index contributed by atoms with van der Waals surface area (Å²) in [6.45, 7) is 17.4. The van der Waals surface area contributed by atoms with Crippen molar-refractivity contribution in [3.8, 4) is 0 Å². The lowest BCUT2D eigenvalue weighted by Crippen LogP contribution is -2.12. The maximum Gasteiger partial charge on any atom is 0.130 e. The molecule has 35 heavy (non-hydrogen) atoms. The average Bonchev–Trinajstić information content (AvgIpc) is 2.82. The lowest BCUT2D eigenvalue weighted by Gasteiger charge is -2.17. The summed E-state index contributed by atoms with van der Waals surface area (Å²) in [5.74, 6) is 0. The zero-order valence-corrected chi connectivity index (χ0v) is 21.9. The highest BCUT2D eigenvalue weighted by atomic mass is 19.1. The second-order valence-electron chi connectivity index (χ2n) is 9.02. The Hall–Kier alpha value is -3.66. The Balaban J connectivity index is 2.11. The summed E-state index contributed by atoms with van der Waals surface area (Å²) in [5, 5.41) is 6.69. The Bertz CT molecular complexity index is 1160. The van der Waals surface area contributed by atoms with Crippen LogP contribution in [0.25, 0.3) is 5.57 Å². The van der Waals surface area contributed by atoms with Crippen LogP contribution in [0.15, 0.2) is 108 Å². The summed E-state index contributed by atoms with van der Waals surface area (Å²) < 4.78 is 14.3. The van der Waals surface area contributed by atoms with Gasteiger partial charge in [0.25, 0.3) is 0 Å². The molecule has 184 valence electrons. The summed E-state index contributed by atoms with van der Waals surface area (Å²) in [6.07, 6.45) is 8.46. The molecule has 2 aromatic rings. The van der Waals surface area contributed by atoms with Crippen LogP contribution in [0.4, 0.5) is 10.1 Å². The zero-order valence-electron chi connectivity index (χ0n) is 21.9. The fraction of sp³-hybridized carbons (Fsp3) is 0.258. The molecule has 0 atom stereocenters. The van der Waals surface area contributed by atoms with Crippen LogP contribution >= 0.6 is 0 Å². The standard InChI is InChI=1S/C31H38FN3/c1-9-26(18-22(3)24(5)35-29(10-2)21-33-8)27-16-14-25(15-17-27)19-23(4)34-30-13-11-12-28(20-30)31(6,7)32/h9-18,20-21,34-35H,1,4,19H2,2-3,5-8H3/b24-22+,26-18+,29-10+,33-21-. The van der Waals surface area contributed by atoms with Crippen molar-refractivity contribution in [2.24, 2.45) is 4.99 Å². The van der Waals surface area contributed by atoms with Crippen molar-refractivity contribution in [3.05, 3.63) is 119 Å². The third-order valence-electron chi connectivity index (χ3n) is 5.67. The minimum Gasteiger partial charge on any atom is -0.359 e. The molecule has 0 amide bonds. The highest BCUT2D eigenvalue weighted by molar-refractivity contribution is 5.78. The molecular weight excluding hydrogens is 433 g/mol. The number of alkyl halides is 1. The van der Waals surface area contributed by atoms with Gasteiger partial charge in [0.15, 0.2) is 0 Å². The first kappa shape index (κ1) is 27.6. The molecule has 0 unspecified atom stereocenters. The van der Waals surface area contributed by atoms with E-state index in [4.69, 9.17) is 0 Å². The minimum atomic E-state index is -1.38.